The molecule has 0 saturated heterocycles. The van der Waals surface area contributed by atoms with E-state index in [9.17, 15) is 14.9 Å². The number of amides is 1. The van der Waals surface area contributed by atoms with Crippen LogP contribution in [-0.2, 0) is 0 Å². The van der Waals surface area contributed by atoms with Crippen LogP contribution in [0.15, 0.2) is 72.8 Å². The number of nitro benzene ring substituents is 1. The first-order valence-electron chi connectivity index (χ1n) is 8.43. The van der Waals surface area contributed by atoms with Crippen LogP contribution in [0, 0.1) is 10.1 Å². The van der Waals surface area contributed by atoms with E-state index in [4.69, 9.17) is 16.3 Å². The third-order valence-electron chi connectivity index (χ3n) is 4.27. The zero-order chi connectivity index (χ0) is 20.1. The number of non-ortho nitro benzene ring substituents is 1. The van der Waals surface area contributed by atoms with E-state index in [1.807, 2.05) is 54.6 Å². The summed E-state index contributed by atoms with van der Waals surface area (Å²) in [5, 5.41) is 13.9. The largest absolute Gasteiger partial charge is 0.497 e. The fourth-order valence-corrected chi connectivity index (χ4v) is 3.07. The van der Waals surface area contributed by atoms with E-state index in [0.29, 0.717) is 5.75 Å². The fraction of sp³-hybridized carbons (Fsp3) is 0.0952. The Labute approximate surface area is 166 Å². The molecule has 0 saturated carbocycles. The van der Waals surface area contributed by atoms with Crippen molar-refractivity contribution in [3.8, 4) is 5.75 Å². The predicted octanol–water partition coefficient (Wildman–Crippen LogP) is 4.78. The van der Waals surface area contributed by atoms with Gasteiger partial charge in [0, 0.05) is 12.1 Å². The van der Waals surface area contributed by atoms with Gasteiger partial charge in [-0.05, 0) is 29.3 Å². The molecule has 0 unspecified atom stereocenters. The minimum Gasteiger partial charge on any atom is -0.497 e. The Bertz CT molecular complexity index is 991. The number of carbonyl (C=O) groups excluding carboxylic acids is 1. The second-order valence-corrected chi connectivity index (χ2v) is 6.42. The molecule has 3 rings (SSSR count). The molecule has 0 aliphatic carbocycles. The van der Waals surface area contributed by atoms with Crippen molar-refractivity contribution in [2.24, 2.45) is 0 Å². The number of ether oxygens (including phenoxy) is 1. The number of halogens is 1. The lowest BCUT2D eigenvalue weighted by Crippen LogP contribution is -2.29. The van der Waals surface area contributed by atoms with Gasteiger partial charge in [-0.25, -0.2) is 0 Å². The smallest absolute Gasteiger partial charge is 0.270 e. The van der Waals surface area contributed by atoms with Crippen LogP contribution < -0.4 is 10.1 Å². The number of hydrogen-bond acceptors (Lipinski definition) is 4. The second-order valence-electron chi connectivity index (χ2n) is 6.01. The summed E-state index contributed by atoms with van der Waals surface area (Å²) in [6, 6.07) is 20.2. The molecule has 0 heterocycles. The average Bonchev–Trinajstić information content (AvgIpc) is 2.72. The van der Waals surface area contributed by atoms with E-state index in [1.165, 1.54) is 18.2 Å². The molecule has 1 amide bonds. The van der Waals surface area contributed by atoms with Gasteiger partial charge in [-0.2, -0.15) is 0 Å². The molecular formula is C21H17ClN2O4. The number of nitrogens with one attached hydrogen (secondary N) is 1. The molecule has 0 spiro atoms. The number of benzene rings is 3. The molecule has 1 N–H and O–H groups in total. The Morgan fingerprint density at radius 1 is 1.04 bits per heavy atom. The average molecular weight is 397 g/mol. The molecule has 3 aromatic carbocycles. The summed E-state index contributed by atoms with van der Waals surface area (Å²) in [6.45, 7) is 0. The number of rotatable bonds is 6. The third-order valence-corrected chi connectivity index (χ3v) is 4.58. The van der Waals surface area contributed by atoms with Crippen molar-refractivity contribution in [3.63, 3.8) is 0 Å². The van der Waals surface area contributed by atoms with E-state index in [1.54, 1.807) is 7.11 Å². The van der Waals surface area contributed by atoms with Crippen LogP contribution in [0.3, 0.4) is 0 Å². The normalized spacial score (nSPS) is 11.5. The lowest BCUT2D eigenvalue weighted by atomic mass is 9.98. The molecule has 0 aliphatic rings. The summed E-state index contributed by atoms with van der Waals surface area (Å²) in [7, 11) is 1.59. The first-order chi connectivity index (χ1) is 13.5. The summed E-state index contributed by atoms with van der Waals surface area (Å²) in [5.74, 6) is 0.282. The molecule has 7 heteroatoms. The maximum atomic E-state index is 12.8. The van der Waals surface area contributed by atoms with Crippen molar-refractivity contribution in [1.29, 1.82) is 0 Å². The topological polar surface area (TPSA) is 81.5 Å². The van der Waals surface area contributed by atoms with Gasteiger partial charge < -0.3 is 10.1 Å². The fourth-order valence-electron chi connectivity index (χ4n) is 2.81. The Morgan fingerprint density at radius 3 is 2.25 bits per heavy atom. The SMILES string of the molecule is COc1ccc([C@H](NC(=O)c2ccc([N+](=O)[O-])cc2Cl)c2ccccc2)cc1. The number of nitro groups is 1. The summed E-state index contributed by atoms with van der Waals surface area (Å²) >= 11 is 6.10. The molecule has 142 valence electrons. The summed E-state index contributed by atoms with van der Waals surface area (Å²) in [4.78, 5) is 23.1. The van der Waals surface area contributed by atoms with Gasteiger partial charge in [0.2, 0.25) is 0 Å². The Hall–Kier alpha value is -3.38. The van der Waals surface area contributed by atoms with Crippen molar-refractivity contribution >= 4 is 23.2 Å². The number of methoxy groups -OCH3 is 1. The van der Waals surface area contributed by atoms with Crippen molar-refractivity contribution in [3.05, 3.63) is 105 Å². The second kappa shape index (κ2) is 8.54. The van der Waals surface area contributed by atoms with E-state index >= 15 is 0 Å². The van der Waals surface area contributed by atoms with Crippen molar-refractivity contribution < 1.29 is 14.5 Å². The minimum atomic E-state index is -0.558. The number of nitrogens with zero attached hydrogens (tertiary/aromatic N) is 1. The van der Waals surface area contributed by atoms with E-state index in [-0.39, 0.29) is 16.3 Å². The maximum absolute atomic E-state index is 12.8. The van der Waals surface area contributed by atoms with Gasteiger partial charge >= 0.3 is 0 Å². The Morgan fingerprint density at radius 2 is 1.68 bits per heavy atom. The van der Waals surface area contributed by atoms with Crippen molar-refractivity contribution in [1.82, 2.24) is 5.32 Å². The lowest BCUT2D eigenvalue weighted by Gasteiger charge is -2.20. The van der Waals surface area contributed by atoms with Gasteiger partial charge in [-0.3, -0.25) is 14.9 Å². The maximum Gasteiger partial charge on any atom is 0.270 e. The molecule has 1 atom stereocenters. The number of carbonyl (C=O) groups is 1. The van der Waals surface area contributed by atoms with Gasteiger partial charge in [-0.15, -0.1) is 0 Å². The van der Waals surface area contributed by atoms with Crippen LogP contribution in [0.25, 0.3) is 0 Å². The zero-order valence-corrected chi connectivity index (χ0v) is 15.7. The number of hydrogen-bond donors (Lipinski definition) is 1. The molecule has 0 fully saturated rings. The molecule has 3 aromatic rings. The van der Waals surface area contributed by atoms with E-state index < -0.39 is 16.9 Å². The van der Waals surface area contributed by atoms with Crippen LogP contribution in [0.4, 0.5) is 5.69 Å². The monoisotopic (exact) mass is 396 g/mol. The molecular weight excluding hydrogens is 380 g/mol. The first-order valence-corrected chi connectivity index (χ1v) is 8.81. The van der Waals surface area contributed by atoms with Crippen LogP contribution in [0.2, 0.25) is 5.02 Å². The molecule has 0 bridgehead atoms. The molecule has 28 heavy (non-hydrogen) atoms. The van der Waals surface area contributed by atoms with Gasteiger partial charge in [0.25, 0.3) is 11.6 Å². The van der Waals surface area contributed by atoms with Crippen LogP contribution in [0.1, 0.15) is 27.5 Å². The van der Waals surface area contributed by atoms with E-state index in [0.717, 1.165) is 11.1 Å². The quantitative estimate of drug-likeness (QED) is 0.480. The molecule has 0 aliphatic heterocycles. The van der Waals surface area contributed by atoms with Gasteiger partial charge in [0.05, 0.1) is 28.7 Å². The van der Waals surface area contributed by atoms with Crippen molar-refractivity contribution in [2.45, 2.75) is 6.04 Å². The highest BCUT2D eigenvalue weighted by molar-refractivity contribution is 6.34. The molecule has 0 aromatic heterocycles. The van der Waals surface area contributed by atoms with Crippen LogP contribution >= 0.6 is 11.6 Å². The molecule has 0 radical (unpaired) electrons. The van der Waals surface area contributed by atoms with Crippen LogP contribution in [0.5, 0.6) is 5.75 Å². The third kappa shape index (κ3) is 4.29. The highest BCUT2D eigenvalue weighted by atomic mass is 35.5. The van der Waals surface area contributed by atoms with Crippen molar-refractivity contribution in [2.75, 3.05) is 7.11 Å². The minimum absolute atomic E-state index is 0.0215. The summed E-state index contributed by atoms with van der Waals surface area (Å²) < 4.78 is 5.19. The lowest BCUT2D eigenvalue weighted by molar-refractivity contribution is -0.384. The first kappa shape index (κ1) is 19.4. The van der Waals surface area contributed by atoms with Crippen LogP contribution in [-0.4, -0.2) is 17.9 Å². The standard InChI is InChI=1S/C21H17ClN2O4/c1-28-17-10-7-15(8-11-17)20(14-5-3-2-4-6-14)23-21(25)18-12-9-16(24(26)27)13-19(18)22/h2-13,20H,1H3,(H,23,25)/t20-/m1/s1. The zero-order valence-electron chi connectivity index (χ0n) is 15.0. The van der Waals surface area contributed by atoms with E-state index in [2.05, 4.69) is 5.32 Å². The molecule has 6 nitrogen and oxygen atoms in total. The summed E-state index contributed by atoms with van der Waals surface area (Å²) in [6.07, 6.45) is 0. The van der Waals surface area contributed by atoms with Gasteiger partial charge in [-0.1, -0.05) is 54.1 Å². The Balaban J connectivity index is 1.93. The highest BCUT2D eigenvalue weighted by Crippen LogP contribution is 2.27. The predicted molar refractivity (Wildman–Crippen MR) is 107 cm³/mol. The summed E-state index contributed by atoms with van der Waals surface area (Å²) in [5.41, 5.74) is 1.75. The van der Waals surface area contributed by atoms with Gasteiger partial charge in [0.15, 0.2) is 0 Å². The van der Waals surface area contributed by atoms with Gasteiger partial charge in [0.1, 0.15) is 5.75 Å². The highest BCUT2D eigenvalue weighted by Gasteiger charge is 2.21. The Kier molecular flexibility index (Phi) is 5.91.